The molecule has 0 spiro atoms. The van der Waals surface area contributed by atoms with Gasteiger partial charge >= 0.3 is 6.18 Å². The van der Waals surface area contributed by atoms with Crippen LogP contribution in [0, 0.1) is 11.7 Å². The summed E-state index contributed by atoms with van der Waals surface area (Å²) >= 11 is 0. The van der Waals surface area contributed by atoms with Gasteiger partial charge in [-0.15, -0.1) is 9.53 Å². The first-order chi connectivity index (χ1) is 19.8. The van der Waals surface area contributed by atoms with Crippen molar-refractivity contribution in [1.82, 2.24) is 9.88 Å². The van der Waals surface area contributed by atoms with Crippen LogP contribution in [0.3, 0.4) is 0 Å². The molecule has 2 aromatic carbocycles. The lowest BCUT2D eigenvalue weighted by Gasteiger charge is -2.41. The van der Waals surface area contributed by atoms with E-state index in [1.165, 1.54) is 48.8 Å². The van der Waals surface area contributed by atoms with Gasteiger partial charge in [0, 0.05) is 25.5 Å². The number of aryl methyl sites for hydroxylation is 1. The van der Waals surface area contributed by atoms with E-state index >= 15 is 4.39 Å². The Morgan fingerprint density at radius 1 is 1.10 bits per heavy atom. The number of hydrogen-bond donors (Lipinski definition) is 2. The number of halogens is 4. The molecule has 0 radical (unpaired) electrons. The second-order valence-corrected chi connectivity index (χ2v) is 14.8. The van der Waals surface area contributed by atoms with Crippen molar-refractivity contribution in [3.8, 4) is 0 Å². The molecule has 2 N–H and O–H groups in total. The first kappa shape index (κ1) is 30.2. The molecule has 11 heteroatoms. The van der Waals surface area contributed by atoms with Crippen LogP contribution in [0.15, 0.2) is 59.6 Å². The van der Waals surface area contributed by atoms with E-state index in [1.54, 1.807) is 18.2 Å². The summed E-state index contributed by atoms with van der Waals surface area (Å²) in [5, 5.41) is 0. The van der Waals surface area contributed by atoms with Crippen LogP contribution < -0.4 is 4.72 Å². The highest BCUT2D eigenvalue weighted by molar-refractivity contribution is 8.15. The maximum absolute atomic E-state index is 15.0. The average molecular weight is 606 g/mol. The van der Waals surface area contributed by atoms with Crippen LogP contribution in [0.2, 0.25) is 0 Å². The molecule has 0 bridgehead atoms. The summed E-state index contributed by atoms with van der Waals surface area (Å²) in [6.45, 7) is 0.448. The number of carbonyl (C=O) groups excluding carboxylic acids is 1. The van der Waals surface area contributed by atoms with E-state index in [0.717, 1.165) is 66.5 Å². The number of carbonyl (C=O) groups is 1. The lowest BCUT2D eigenvalue weighted by molar-refractivity contribution is -0.141. The van der Waals surface area contributed by atoms with Gasteiger partial charge in [-0.2, -0.15) is 17.4 Å². The Morgan fingerprint density at radius 3 is 2.52 bits per heavy atom. The van der Waals surface area contributed by atoms with Crippen LogP contribution >= 0.6 is 0 Å². The number of anilines is 1. The zero-order chi connectivity index (χ0) is 30.1. The lowest BCUT2D eigenvalue weighted by atomic mass is 9.98. The Kier molecular flexibility index (Phi) is 8.19. The van der Waals surface area contributed by atoms with Gasteiger partial charge in [-0.1, -0.05) is 44.2 Å². The first-order valence-electron chi connectivity index (χ1n) is 14.2. The molecule has 1 aromatic heterocycles. The van der Waals surface area contributed by atoms with Crippen molar-refractivity contribution in [2.24, 2.45) is 5.92 Å². The van der Waals surface area contributed by atoms with Crippen LogP contribution in [0.25, 0.3) is 0 Å². The molecule has 5 rings (SSSR count). The van der Waals surface area contributed by atoms with Crippen LogP contribution in [-0.2, 0) is 35.1 Å². The molecular weight excluding hydrogens is 570 g/mol. The molecule has 3 aromatic rings. The van der Waals surface area contributed by atoms with Gasteiger partial charge < -0.3 is 4.90 Å². The van der Waals surface area contributed by atoms with Gasteiger partial charge in [0.2, 0.25) is 0 Å². The molecule has 0 saturated heterocycles. The van der Waals surface area contributed by atoms with Crippen LogP contribution in [-0.4, -0.2) is 37.4 Å². The summed E-state index contributed by atoms with van der Waals surface area (Å²) < 4.78 is 81.0. The summed E-state index contributed by atoms with van der Waals surface area (Å²) in [7, 11) is -4.70. The molecule has 1 fully saturated rings. The number of fused-ring (bicyclic) bond motifs is 1. The van der Waals surface area contributed by atoms with Crippen molar-refractivity contribution < 1.29 is 31.1 Å². The van der Waals surface area contributed by atoms with Gasteiger partial charge in [-0.05, 0) is 78.3 Å². The van der Waals surface area contributed by atoms with E-state index < -0.39 is 33.1 Å². The fourth-order valence-electron chi connectivity index (χ4n) is 5.88. The fraction of sp³-hybridized carbons (Fsp3) is 0.419. The minimum Gasteiger partial charge on any atom is -0.334 e. The summed E-state index contributed by atoms with van der Waals surface area (Å²) in [5.74, 6) is -0.273. The summed E-state index contributed by atoms with van der Waals surface area (Å²) in [6, 6.07) is 11.3. The number of amides is 1. The summed E-state index contributed by atoms with van der Waals surface area (Å²) in [4.78, 5) is 17.9. The minimum absolute atomic E-state index is 0.0429. The average Bonchev–Trinajstić information content (AvgIpc) is 3.46. The minimum atomic E-state index is -4.70. The third-order valence-electron chi connectivity index (χ3n) is 8.27. The quantitative estimate of drug-likeness (QED) is 0.265. The van der Waals surface area contributed by atoms with Crippen LogP contribution in [0.4, 0.5) is 23.2 Å². The molecule has 226 valence electrons. The van der Waals surface area contributed by atoms with Crippen molar-refractivity contribution in [2.45, 2.75) is 69.0 Å². The molecule has 42 heavy (non-hydrogen) atoms. The number of nitrogens with zero attached hydrogens (tertiary/aromatic N) is 2. The predicted molar refractivity (Wildman–Crippen MR) is 154 cm³/mol. The number of rotatable bonds is 8. The van der Waals surface area contributed by atoms with Crippen LogP contribution in [0.5, 0.6) is 0 Å². The van der Waals surface area contributed by atoms with Crippen molar-refractivity contribution in [1.29, 1.82) is 0 Å². The maximum Gasteiger partial charge on any atom is 0.433 e. The smallest absolute Gasteiger partial charge is 0.334 e. The van der Waals surface area contributed by atoms with Gasteiger partial charge in [0.25, 0.3) is 5.91 Å². The summed E-state index contributed by atoms with van der Waals surface area (Å²) in [5.41, 5.74) is 1.27. The predicted octanol–water partition coefficient (Wildman–Crippen LogP) is 7.26. The lowest BCUT2D eigenvalue weighted by Crippen LogP contribution is -2.40. The molecule has 0 atom stereocenters. The van der Waals surface area contributed by atoms with E-state index in [9.17, 15) is 26.7 Å². The number of hydrogen-bond acceptors (Lipinski definition) is 3. The van der Waals surface area contributed by atoms with E-state index in [-0.39, 0.29) is 29.2 Å². The van der Waals surface area contributed by atoms with Gasteiger partial charge in [0.05, 0.1) is 16.1 Å². The summed E-state index contributed by atoms with van der Waals surface area (Å²) in [6.07, 6.45) is 5.88. The third-order valence-corrected chi connectivity index (χ3v) is 10.3. The van der Waals surface area contributed by atoms with Gasteiger partial charge in [0.15, 0.2) is 0 Å². The number of aromatic nitrogens is 1. The second kappa shape index (κ2) is 11.4. The normalized spacial score (nSPS) is 17.0. The third kappa shape index (κ3) is 6.83. The Bertz CT molecular complexity index is 1530. The number of pyridine rings is 1. The van der Waals surface area contributed by atoms with Gasteiger partial charge in [-0.3, -0.25) is 19.1 Å². The number of nitrogens with one attached hydrogen (secondary N) is 1. The number of benzene rings is 2. The van der Waals surface area contributed by atoms with Gasteiger partial charge in [0.1, 0.15) is 11.5 Å². The first-order valence-corrected chi connectivity index (χ1v) is 16.5. The van der Waals surface area contributed by atoms with Crippen LogP contribution in [0.1, 0.15) is 71.3 Å². The zero-order valence-electron chi connectivity index (χ0n) is 23.4. The standard InChI is InChI=1S/C31H35F4N3O3S/c1-42(40,41,37-28-13-9-22(17-27(28)32)8-4-7-21-5-2-3-6-21)26-12-10-25-20-38(16-15-23(25)18-26)30(39)24-11-14-29(36-19-24)31(33,34)35/h9-14,17-19,21H,2-8,15-16,20H2,1H3,(H2,37,40,41). The van der Waals surface area contributed by atoms with E-state index in [0.29, 0.717) is 6.42 Å². The molecule has 1 aliphatic heterocycles. The highest BCUT2D eigenvalue weighted by atomic mass is 32.3. The van der Waals surface area contributed by atoms with Gasteiger partial charge in [-0.25, -0.2) is 4.39 Å². The molecule has 6 nitrogen and oxygen atoms in total. The highest BCUT2D eigenvalue weighted by Crippen LogP contribution is 2.35. The Morgan fingerprint density at radius 2 is 1.86 bits per heavy atom. The van der Waals surface area contributed by atoms with Crippen molar-refractivity contribution in [3.63, 3.8) is 0 Å². The molecule has 2 heterocycles. The monoisotopic (exact) mass is 605 g/mol. The molecule has 1 saturated carbocycles. The van der Waals surface area contributed by atoms with Crippen molar-refractivity contribution in [2.75, 3.05) is 17.5 Å². The van der Waals surface area contributed by atoms with E-state index in [4.69, 9.17) is 0 Å². The SMILES string of the molecule is CS(=O)(O)(Nc1ccc(CCCC2CCCC2)cc1F)c1ccc2c(c1)CCN(C(=O)c1ccc(C(F)(F)F)nc1)C2. The number of alkyl halides is 3. The Balaban J connectivity index is 1.25. The largest absolute Gasteiger partial charge is 0.433 e. The molecular formula is C31H35F4N3O3S. The van der Waals surface area contributed by atoms with Crippen molar-refractivity contribution >= 4 is 21.1 Å². The topological polar surface area (TPSA) is 82.5 Å². The maximum atomic E-state index is 15.0. The van der Waals surface area contributed by atoms with E-state index in [1.807, 2.05) is 0 Å². The highest BCUT2D eigenvalue weighted by Gasteiger charge is 2.33. The Hall–Kier alpha value is -3.31. The Labute approximate surface area is 242 Å². The van der Waals surface area contributed by atoms with Crippen molar-refractivity contribution in [3.05, 3.63) is 88.5 Å². The zero-order valence-corrected chi connectivity index (χ0v) is 24.2. The fourth-order valence-corrected chi connectivity index (χ4v) is 7.49. The van der Waals surface area contributed by atoms with E-state index in [2.05, 4.69) is 9.71 Å². The second-order valence-electron chi connectivity index (χ2n) is 11.6. The molecule has 2 aliphatic rings. The molecule has 1 aliphatic carbocycles. The molecule has 0 unspecified atom stereocenters. The molecule has 1 amide bonds.